The molecule has 0 spiro atoms. The molecule has 0 bridgehead atoms. The van der Waals surface area contributed by atoms with Crippen molar-refractivity contribution in [3.8, 4) is 0 Å². The van der Waals surface area contributed by atoms with E-state index >= 15 is 0 Å². The van der Waals surface area contributed by atoms with Gasteiger partial charge in [0, 0.05) is 30.8 Å². The molecular weight excluding hydrogens is 286 g/mol. The molecule has 0 saturated carbocycles. The molecule has 1 amide bonds. The molecule has 1 aromatic carbocycles. The van der Waals surface area contributed by atoms with Gasteiger partial charge in [0.25, 0.3) is 5.91 Å². The van der Waals surface area contributed by atoms with Crippen LogP contribution in [0.15, 0.2) is 24.4 Å². The predicted octanol–water partition coefficient (Wildman–Crippen LogP) is 2.82. The van der Waals surface area contributed by atoms with Crippen LogP contribution < -0.4 is 5.32 Å². The van der Waals surface area contributed by atoms with E-state index in [1.165, 1.54) is 24.0 Å². The zero-order valence-electron chi connectivity index (χ0n) is 13.6. The summed E-state index contributed by atoms with van der Waals surface area (Å²) in [4.78, 5) is 17.1. The standard InChI is InChI=1S/C19H23N3O/c1-13-11-22-12-17(8-9-18(22)20-13)21-19(23)16-7-6-14-4-2-3-5-15(14)10-16/h6-7,10-11,17H,2-5,8-9,12H2,1H3,(H,21,23). The van der Waals surface area contributed by atoms with Gasteiger partial charge in [0.2, 0.25) is 0 Å². The lowest BCUT2D eigenvalue weighted by atomic mass is 9.90. The molecule has 0 radical (unpaired) electrons. The maximum Gasteiger partial charge on any atom is 0.251 e. The summed E-state index contributed by atoms with van der Waals surface area (Å²) in [6.45, 7) is 2.85. The average Bonchev–Trinajstić information content (AvgIpc) is 2.93. The van der Waals surface area contributed by atoms with E-state index in [0.29, 0.717) is 0 Å². The minimum atomic E-state index is 0.0589. The third kappa shape index (κ3) is 2.90. The van der Waals surface area contributed by atoms with Crippen LogP contribution >= 0.6 is 0 Å². The maximum absolute atomic E-state index is 12.6. The molecular formula is C19H23N3O. The number of aryl methyl sites for hydroxylation is 4. The van der Waals surface area contributed by atoms with E-state index in [2.05, 4.69) is 33.2 Å². The van der Waals surface area contributed by atoms with Gasteiger partial charge in [-0.3, -0.25) is 4.79 Å². The molecule has 1 unspecified atom stereocenters. The van der Waals surface area contributed by atoms with Gasteiger partial charge in [-0.15, -0.1) is 0 Å². The van der Waals surface area contributed by atoms with Gasteiger partial charge < -0.3 is 9.88 Å². The van der Waals surface area contributed by atoms with Crippen molar-refractivity contribution in [3.05, 3.63) is 52.6 Å². The first kappa shape index (κ1) is 14.5. The number of nitrogens with one attached hydrogen (secondary N) is 1. The summed E-state index contributed by atoms with van der Waals surface area (Å²) in [6.07, 6.45) is 8.75. The molecule has 2 heterocycles. The normalized spacial score (nSPS) is 19.8. The number of aromatic nitrogens is 2. The van der Waals surface area contributed by atoms with E-state index in [1.807, 2.05) is 13.0 Å². The summed E-state index contributed by atoms with van der Waals surface area (Å²) in [5.74, 6) is 1.20. The fourth-order valence-corrected chi connectivity index (χ4v) is 3.85. The van der Waals surface area contributed by atoms with Crippen molar-refractivity contribution >= 4 is 5.91 Å². The van der Waals surface area contributed by atoms with Crippen LogP contribution in [0, 0.1) is 6.92 Å². The smallest absolute Gasteiger partial charge is 0.251 e. The van der Waals surface area contributed by atoms with Crippen molar-refractivity contribution in [2.24, 2.45) is 0 Å². The van der Waals surface area contributed by atoms with Gasteiger partial charge >= 0.3 is 0 Å². The highest BCUT2D eigenvalue weighted by Gasteiger charge is 2.22. The first-order valence-electron chi connectivity index (χ1n) is 8.64. The first-order valence-corrected chi connectivity index (χ1v) is 8.64. The van der Waals surface area contributed by atoms with Crippen molar-refractivity contribution < 1.29 is 4.79 Å². The Hall–Kier alpha value is -2.10. The number of fused-ring (bicyclic) bond motifs is 2. The van der Waals surface area contributed by atoms with E-state index in [0.717, 1.165) is 49.3 Å². The lowest BCUT2D eigenvalue weighted by Gasteiger charge is -2.25. The first-order chi connectivity index (χ1) is 11.2. The molecule has 1 aliphatic heterocycles. The molecule has 4 rings (SSSR count). The lowest BCUT2D eigenvalue weighted by Crippen LogP contribution is -2.40. The van der Waals surface area contributed by atoms with Crippen molar-refractivity contribution in [1.82, 2.24) is 14.9 Å². The predicted molar refractivity (Wildman–Crippen MR) is 89.6 cm³/mol. The van der Waals surface area contributed by atoms with Crippen LogP contribution in [0.2, 0.25) is 0 Å². The van der Waals surface area contributed by atoms with Gasteiger partial charge in [0.15, 0.2) is 0 Å². The second-order valence-corrected chi connectivity index (χ2v) is 6.85. The quantitative estimate of drug-likeness (QED) is 0.927. The highest BCUT2D eigenvalue weighted by atomic mass is 16.1. The zero-order valence-corrected chi connectivity index (χ0v) is 13.6. The molecule has 23 heavy (non-hydrogen) atoms. The number of amides is 1. The number of benzene rings is 1. The molecule has 4 heteroatoms. The lowest BCUT2D eigenvalue weighted by molar-refractivity contribution is 0.0927. The summed E-state index contributed by atoms with van der Waals surface area (Å²) < 4.78 is 2.18. The molecule has 2 aromatic rings. The average molecular weight is 309 g/mol. The summed E-state index contributed by atoms with van der Waals surface area (Å²) >= 11 is 0. The molecule has 1 aromatic heterocycles. The number of hydrogen-bond acceptors (Lipinski definition) is 2. The van der Waals surface area contributed by atoms with E-state index < -0.39 is 0 Å². The fraction of sp³-hybridized carbons (Fsp3) is 0.474. The second kappa shape index (κ2) is 5.84. The van der Waals surface area contributed by atoms with Crippen LogP contribution in [0.1, 0.15) is 52.3 Å². The zero-order chi connectivity index (χ0) is 15.8. The third-order valence-electron chi connectivity index (χ3n) is 5.06. The molecule has 4 nitrogen and oxygen atoms in total. The van der Waals surface area contributed by atoms with Gasteiger partial charge in [0.05, 0.1) is 5.69 Å². The Balaban J connectivity index is 1.46. The number of nitrogens with zero attached hydrogens (tertiary/aromatic N) is 2. The monoisotopic (exact) mass is 309 g/mol. The summed E-state index contributed by atoms with van der Waals surface area (Å²) in [6, 6.07) is 6.41. The van der Waals surface area contributed by atoms with Gasteiger partial charge in [-0.25, -0.2) is 4.98 Å². The molecule has 120 valence electrons. The van der Waals surface area contributed by atoms with E-state index in [9.17, 15) is 4.79 Å². The van der Waals surface area contributed by atoms with Crippen LogP contribution in [0.25, 0.3) is 0 Å². The topological polar surface area (TPSA) is 46.9 Å². The van der Waals surface area contributed by atoms with Crippen molar-refractivity contribution in [2.75, 3.05) is 0 Å². The molecule has 1 atom stereocenters. The van der Waals surface area contributed by atoms with Gasteiger partial charge in [-0.05, 0) is 62.3 Å². The maximum atomic E-state index is 12.6. The van der Waals surface area contributed by atoms with Crippen LogP contribution in [0.5, 0.6) is 0 Å². The SMILES string of the molecule is Cc1cn2c(n1)CCC(NC(=O)c1ccc3c(c1)CCCC3)C2. The van der Waals surface area contributed by atoms with Crippen LogP contribution in [-0.2, 0) is 25.8 Å². The highest BCUT2D eigenvalue weighted by Crippen LogP contribution is 2.22. The van der Waals surface area contributed by atoms with Gasteiger partial charge in [-0.2, -0.15) is 0 Å². The Bertz CT molecular complexity index is 747. The minimum Gasteiger partial charge on any atom is -0.347 e. The second-order valence-electron chi connectivity index (χ2n) is 6.85. The van der Waals surface area contributed by atoms with Crippen molar-refractivity contribution in [2.45, 2.75) is 58.0 Å². The molecule has 0 saturated heterocycles. The van der Waals surface area contributed by atoms with Crippen LogP contribution in [-0.4, -0.2) is 21.5 Å². The summed E-state index contributed by atoms with van der Waals surface area (Å²) in [5, 5.41) is 3.20. The Morgan fingerprint density at radius 1 is 1.22 bits per heavy atom. The van der Waals surface area contributed by atoms with E-state index in [-0.39, 0.29) is 11.9 Å². The molecule has 0 fully saturated rings. The minimum absolute atomic E-state index is 0.0589. The van der Waals surface area contributed by atoms with E-state index in [1.54, 1.807) is 0 Å². The molecule has 1 N–H and O–H groups in total. The third-order valence-corrected chi connectivity index (χ3v) is 5.06. The Morgan fingerprint density at radius 2 is 2.04 bits per heavy atom. The van der Waals surface area contributed by atoms with Gasteiger partial charge in [-0.1, -0.05) is 6.07 Å². The van der Waals surface area contributed by atoms with E-state index in [4.69, 9.17) is 0 Å². The summed E-state index contributed by atoms with van der Waals surface area (Å²) in [5.41, 5.74) is 4.64. The van der Waals surface area contributed by atoms with Gasteiger partial charge in [0.1, 0.15) is 5.82 Å². The van der Waals surface area contributed by atoms with Crippen molar-refractivity contribution in [3.63, 3.8) is 0 Å². The van der Waals surface area contributed by atoms with Crippen LogP contribution in [0.3, 0.4) is 0 Å². The molecule has 1 aliphatic carbocycles. The number of hydrogen-bond donors (Lipinski definition) is 1. The number of carbonyl (C=O) groups is 1. The Morgan fingerprint density at radius 3 is 2.91 bits per heavy atom. The fourth-order valence-electron chi connectivity index (χ4n) is 3.85. The Labute approximate surface area is 136 Å². The molecule has 2 aliphatic rings. The Kier molecular flexibility index (Phi) is 3.68. The van der Waals surface area contributed by atoms with Crippen molar-refractivity contribution in [1.29, 1.82) is 0 Å². The number of imidazole rings is 1. The van der Waals surface area contributed by atoms with Crippen LogP contribution in [0.4, 0.5) is 0 Å². The largest absolute Gasteiger partial charge is 0.347 e. The summed E-state index contributed by atoms with van der Waals surface area (Å²) in [7, 11) is 0. The number of carbonyl (C=O) groups excluding carboxylic acids is 1. The number of rotatable bonds is 2. The highest BCUT2D eigenvalue weighted by molar-refractivity contribution is 5.94.